The van der Waals surface area contributed by atoms with Crippen LogP contribution in [0.25, 0.3) is 0 Å². The van der Waals surface area contributed by atoms with Crippen molar-refractivity contribution in [3.05, 3.63) is 77.0 Å². The van der Waals surface area contributed by atoms with Crippen molar-refractivity contribution in [3.8, 4) is 5.75 Å². The predicted octanol–water partition coefficient (Wildman–Crippen LogP) is 4.83. The zero-order valence-corrected chi connectivity index (χ0v) is 15.0. The molecular weight excluding hydrogens is 330 g/mol. The maximum Gasteiger partial charge on any atom is 0.156 e. The van der Waals surface area contributed by atoms with E-state index in [0.717, 1.165) is 27.7 Å². The average molecular weight is 349 g/mol. The van der Waals surface area contributed by atoms with E-state index in [2.05, 4.69) is 12.1 Å². The minimum Gasteiger partial charge on any atom is -0.508 e. The Bertz CT molecular complexity index is 930. The van der Waals surface area contributed by atoms with E-state index in [1.807, 2.05) is 48.9 Å². The molecule has 0 saturated heterocycles. The first-order valence-electron chi connectivity index (χ1n) is 8.24. The normalized spacial score (nSPS) is 16.4. The number of fused-ring (bicyclic) bond motifs is 1. The number of hydrogen-bond acceptors (Lipinski definition) is 4. The highest BCUT2D eigenvalue weighted by Crippen LogP contribution is 2.46. The van der Waals surface area contributed by atoms with Crippen LogP contribution in [-0.4, -0.2) is 19.9 Å². The number of aromatic nitrogens is 2. The van der Waals surface area contributed by atoms with E-state index < -0.39 is 0 Å². The van der Waals surface area contributed by atoms with E-state index in [-0.39, 0.29) is 11.0 Å². The summed E-state index contributed by atoms with van der Waals surface area (Å²) in [5.74, 6) is 1.22. The highest BCUT2D eigenvalue weighted by molar-refractivity contribution is 8.14. The molecule has 1 aromatic heterocycles. The van der Waals surface area contributed by atoms with Crippen molar-refractivity contribution in [1.29, 1.82) is 0 Å². The lowest BCUT2D eigenvalue weighted by Gasteiger charge is -2.22. The summed E-state index contributed by atoms with van der Waals surface area (Å²) in [6.07, 6.45) is 0. The Hall–Kier alpha value is -2.53. The first-order valence-corrected chi connectivity index (χ1v) is 9.12. The molecule has 4 nitrogen and oxygen atoms in total. The van der Waals surface area contributed by atoms with Crippen molar-refractivity contribution in [3.63, 3.8) is 0 Å². The lowest BCUT2D eigenvalue weighted by molar-refractivity contribution is 0.475. The third-order valence-corrected chi connectivity index (χ3v) is 5.51. The SMILES string of the molecule is CC1=Nc2c(c(C)nn2Cc2ccccc2)[C@H](c2ccc(O)cc2)S1. The van der Waals surface area contributed by atoms with Crippen LogP contribution in [-0.2, 0) is 6.54 Å². The van der Waals surface area contributed by atoms with Crippen molar-refractivity contribution in [1.82, 2.24) is 9.78 Å². The van der Waals surface area contributed by atoms with E-state index in [1.165, 1.54) is 5.56 Å². The number of aryl methyl sites for hydroxylation is 1. The van der Waals surface area contributed by atoms with Crippen LogP contribution < -0.4 is 0 Å². The number of rotatable bonds is 3. The Kier molecular flexibility index (Phi) is 4.09. The van der Waals surface area contributed by atoms with Gasteiger partial charge in [0.25, 0.3) is 0 Å². The van der Waals surface area contributed by atoms with Gasteiger partial charge >= 0.3 is 0 Å². The van der Waals surface area contributed by atoms with Crippen LogP contribution in [0.5, 0.6) is 5.75 Å². The van der Waals surface area contributed by atoms with Crippen molar-refractivity contribution in [2.24, 2.45) is 4.99 Å². The lowest BCUT2D eigenvalue weighted by Crippen LogP contribution is -2.07. The fourth-order valence-corrected chi connectivity index (χ4v) is 4.33. The Morgan fingerprint density at radius 2 is 1.76 bits per heavy atom. The van der Waals surface area contributed by atoms with E-state index in [0.29, 0.717) is 6.54 Å². The number of phenolic OH excluding ortho intramolecular Hbond substituents is 1. The molecule has 2 aromatic carbocycles. The number of phenols is 1. The number of thioether (sulfide) groups is 1. The molecule has 4 rings (SSSR count). The Morgan fingerprint density at radius 3 is 2.48 bits per heavy atom. The second-order valence-corrected chi connectivity index (χ2v) is 7.48. The number of aliphatic imine (C=N–C) groups is 1. The van der Waals surface area contributed by atoms with Crippen molar-refractivity contribution in [2.75, 3.05) is 0 Å². The summed E-state index contributed by atoms with van der Waals surface area (Å²) in [4.78, 5) is 4.79. The molecule has 0 aliphatic carbocycles. The summed E-state index contributed by atoms with van der Waals surface area (Å²) in [5, 5.41) is 15.5. The third-order valence-electron chi connectivity index (χ3n) is 4.33. The van der Waals surface area contributed by atoms with Gasteiger partial charge in [-0.05, 0) is 37.1 Å². The van der Waals surface area contributed by atoms with Crippen LogP contribution in [0, 0.1) is 6.92 Å². The number of aromatic hydroxyl groups is 1. The van der Waals surface area contributed by atoms with Gasteiger partial charge < -0.3 is 5.11 Å². The van der Waals surface area contributed by atoms with E-state index in [4.69, 9.17) is 10.1 Å². The van der Waals surface area contributed by atoms with Gasteiger partial charge in [0.2, 0.25) is 0 Å². The molecule has 1 aliphatic heterocycles. The number of hydrogen-bond donors (Lipinski definition) is 1. The maximum atomic E-state index is 9.58. The zero-order valence-electron chi connectivity index (χ0n) is 14.2. The largest absolute Gasteiger partial charge is 0.508 e. The predicted molar refractivity (Wildman–Crippen MR) is 103 cm³/mol. The molecule has 0 saturated carbocycles. The van der Waals surface area contributed by atoms with E-state index in [9.17, 15) is 5.11 Å². The second kappa shape index (κ2) is 6.41. The molecule has 5 heteroatoms. The van der Waals surface area contributed by atoms with Gasteiger partial charge in [0.15, 0.2) is 5.82 Å². The molecule has 1 N–H and O–H groups in total. The quantitative estimate of drug-likeness (QED) is 0.737. The summed E-state index contributed by atoms with van der Waals surface area (Å²) in [6, 6.07) is 17.7. The molecule has 1 atom stereocenters. The topological polar surface area (TPSA) is 50.4 Å². The van der Waals surface area contributed by atoms with Gasteiger partial charge in [-0.1, -0.05) is 54.2 Å². The average Bonchev–Trinajstić information content (AvgIpc) is 2.91. The highest BCUT2D eigenvalue weighted by Gasteiger charge is 2.29. The van der Waals surface area contributed by atoms with Crippen LogP contribution in [0.4, 0.5) is 5.82 Å². The highest BCUT2D eigenvalue weighted by atomic mass is 32.2. The van der Waals surface area contributed by atoms with Crippen LogP contribution in [0.15, 0.2) is 59.6 Å². The monoisotopic (exact) mass is 349 g/mol. The Morgan fingerprint density at radius 1 is 1.04 bits per heavy atom. The lowest BCUT2D eigenvalue weighted by atomic mass is 10.0. The number of nitrogens with zero attached hydrogens (tertiary/aromatic N) is 3. The molecule has 25 heavy (non-hydrogen) atoms. The van der Waals surface area contributed by atoms with E-state index >= 15 is 0 Å². The van der Waals surface area contributed by atoms with Gasteiger partial charge in [0, 0.05) is 5.56 Å². The first-order chi connectivity index (χ1) is 12.1. The number of benzene rings is 2. The van der Waals surface area contributed by atoms with Crippen molar-refractivity contribution >= 4 is 22.6 Å². The Labute approximate surface area is 151 Å². The molecule has 0 fully saturated rings. The summed E-state index contributed by atoms with van der Waals surface area (Å²) in [6.45, 7) is 4.79. The third kappa shape index (κ3) is 3.07. The van der Waals surface area contributed by atoms with Crippen LogP contribution in [0.1, 0.15) is 34.6 Å². The summed E-state index contributed by atoms with van der Waals surface area (Å²) >= 11 is 1.74. The first kappa shape index (κ1) is 16.0. The minimum atomic E-state index is 0.151. The maximum absolute atomic E-state index is 9.58. The fraction of sp³-hybridized carbons (Fsp3) is 0.200. The van der Waals surface area contributed by atoms with Crippen molar-refractivity contribution < 1.29 is 5.11 Å². The summed E-state index contributed by atoms with van der Waals surface area (Å²) < 4.78 is 2.00. The summed E-state index contributed by atoms with van der Waals surface area (Å²) in [5.41, 5.74) is 4.53. The van der Waals surface area contributed by atoms with Gasteiger partial charge in [-0.15, -0.1) is 0 Å². The molecule has 0 radical (unpaired) electrons. The molecule has 0 unspecified atom stereocenters. The zero-order chi connectivity index (χ0) is 17.4. The molecule has 1 aliphatic rings. The summed E-state index contributed by atoms with van der Waals surface area (Å²) in [7, 11) is 0. The molecular formula is C20H19N3OS. The van der Waals surface area contributed by atoms with Crippen LogP contribution in [0.3, 0.4) is 0 Å². The standard InChI is InChI=1S/C20H19N3OS/c1-13-18-19(16-8-10-17(24)11-9-16)25-14(2)21-20(18)23(22-13)12-15-6-4-3-5-7-15/h3-11,19,24H,12H2,1-2H3/t19-/m0/s1. The molecule has 126 valence electrons. The molecule has 0 amide bonds. The van der Waals surface area contributed by atoms with Crippen LogP contribution in [0.2, 0.25) is 0 Å². The van der Waals surface area contributed by atoms with Gasteiger partial charge in [-0.25, -0.2) is 9.67 Å². The van der Waals surface area contributed by atoms with Crippen LogP contribution >= 0.6 is 11.8 Å². The van der Waals surface area contributed by atoms with Gasteiger partial charge in [-0.2, -0.15) is 5.10 Å². The molecule has 3 aromatic rings. The molecule has 0 spiro atoms. The fourth-order valence-electron chi connectivity index (χ4n) is 3.16. The Balaban J connectivity index is 1.78. The van der Waals surface area contributed by atoms with Gasteiger partial charge in [-0.3, -0.25) is 0 Å². The molecule has 2 heterocycles. The second-order valence-electron chi connectivity index (χ2n) is 6.19. The smallest absolute Gasteiger partial charge is 0.156 e. The molecule has 0 bridgehead atoms. The van der Waals surface area contributed by atoms with Crippen molar-refractivity contribution in [2.45, 2.75) is 25.6 Å². The van der Waals surface area contributed by atoms with Gasteiger partial charge in [0.1, 0.15) is 5.75 Å². The van der Waals surface area contributed by atoms with E-state index in [1.54, 1.807) is 23.9 Å². The van der Waals surface area contributed by atoms with Gasteiger partial charge in [0.05, 0.1) is 22.5 Å². The minimum absolute atomic E-state index is 0.151.